The molecule has 1 heterocycles. The van der Waals surface area contributed by atoms with Gasteiger partial charge in [-0.25, -0.2) is 9.97 Å². The second kappa shape index (κ2) is 5.67. The van der Waals surface area contributed by atoms with E-state index in [9.17, 15) is 0 Å². The summed E-state index contributed by atoms with van der Waals surface area (Å²) in [6, 6.07) is 15.7. The van der Waals surface area contributed by atoms with Gasteiger partial charge in [-0.3, -0.25) is 0 Å². The molecule has 0 aliphatic heterocycles. The summed E-state index contributed by atoms with van der Waals surface area (Å²) in [5.74, 6) is 1.27. The number of benzene rings is 2. The molecule has 0 bridgehead atoms. The second-order valence-electron chi connectivity index (χ2n) is 4.48. The topological polar surface area (TPSA) is 47.0 Å². The zero-order valence-corrected chi connectivity index (χ0v) is 11.2. The molecule has 1 aromatic heterocycles. The smallest absolute Gasteiger partial charge is 0.238 e. The Hall–Kier alpha value is -2.46. The van der Waals surface area contributed by atoms with E-state index in [0.29, 0.717) is 5.88 Å². The number of aromatic nitrogens is 2. The Bertz CT molecular complexity index is 727. The van der Waals surface area contributed by atoms with Gasteiger partial charge in [0.2, 0.25) is 5.88 Å². The van der Waals surface area contributed by atoms with Crippen LogP contribution in [0.2, 0.25) is 0 Å². The van der Waals surface area contributed by atoms with Crippen LogP contribution in [-0.4, -0.2) is 17.0 Å². The van der Waals surface area contributed by atoms with Gasteiger partial charge in [0.05, 0.1) is 17.2 Å². The lowest BCUT2D eigenvalue weighted by Gasteiger charge is -2.07. The first-order valence-electron chi connectivity index (χ1n) is 6.48. The molecule has 0 fully saturated rings. The second-order valence-corrected chi connectivity index (χ2v) is 4.48. The van der Waals surface area contributed by atoms with Crippen LogP contribution >= 0.6 is 0 Å². The number of hydrogen-bond donors (Lipinski definition) is 1. The van der Waals surface area contributed by atoms with Gasteiger partial charge in [-0.05, 0) is 36.9 Å². The van der Waals surface area contributed by atoms with Gasteiger partial charge in [0.1, 0.15) is 5.75 Å². The molecule has 1 N–H and O–H groups in total. The molecule has 0 amide bonds. The normalized spacial score (nSPS) is 10.7. The molecule has 0 saturated heterocycles. The number of hydrogen-bond acceptors (Lipinski definition) is 4. The van der Waals surface area contributed by atoms with E-state index in [0.717, 1.165) is 23.3 Å². The van der Waals surface area contributed by atoms with Crippen LogP contribution in [0.4, 0.5) is 0 Å². The van der Waals surface area contributed by atoms with E-state index in [1.165, 1.54) is 5.56 Å². The molecule has 0 radical (unpaired) electrons. The fourth-order valence-corrected chi connectivity index (χ4v) is 2.03. The fourth-order valence-electron chi connectivity index (χ4n) is 2.03. The van der Waals surface area contributed by atoms with E-state index in [2.05, 4.69) is 21.4 Å². The van der Waals surface area contributed by atoms with Crippen LogP contribution in [-0.2, 0) is 6.54 Å². The maximum Gasteiger partial charge on any atom is 0.238 e. The van der Waals surface area contributed by atoms with Crippen molar-refractivity contribution in [3.05, 3.63) is 60.3 Å². The van der Waals surface area contributed by atoms with Crippen molar-refractivity contribution in [3.8, 4) is 11.6 Å². The average molecular weight is 265 g/mol. The molecular weight excluding hydrogens is 250 g/mol. The van der Waals surface area contributed by atoms with Crippen molar-refractivity contribution in [3.63, 3.8) is 0 Å². The number of fused-ring (bicyclic) bond motifs is 1. The average Bonchev–Trinajstić information content (AvgIpc) is 2.48. The quantitative estimate of drug-likeness (QED) is 0.787. The maximum atomic E-state index is 5.77. The molecular formula is C16H15N3O. The molecule has 20 heavy (non-hydrogen) atoms. The lowest BCUT2D eigenvalue weighted by molar-refractivity contribution is 0.462. The molecule has 3 rings (SSSR count). The van der Waals surface area contributed by atoms with Crippen LogP contribution in [0.3, 0.4) is 0 Å². The SMILES string of the molecule is CNCc1cccc(Oc2cnc3ccccc3n2)c1. The van der Waals surface area contributed by atoms with Crippen LogP contribution in [0.15, 0.2) is 54.7 Å². The van der Waals surface area contributed by atoms with Gasteiger partial charge in [0.15, 0.2) is 0 Å². The highest BCUT2D eigenvalue weighted by atomic mass is 16.5. The van der Waals surface area contributed by atoms with Crippen LogP contribution in [0, 0.1) is 0 Å². The molecule has 4 nitrogen and oxygen atoms in total. The molecule has 2 aromatic carbocycles. The maximum absolute atomic E-state index is 5.77. The predicted octanol–water partition coefficient (Wildman–Crippen LogP) is 3.14. The van der Waals surface area contributed by atoms with Gasteiger partial charge >= 0.3 is 0 Å². The minimum atomic E-state index is 0.505. The molecule has 4 heteroatoms. The number of rotatable bonds is 4. The Morgan fingerprint density at radius 2 is 1.90 bits per heavy atom. The number of nitrogens with one attached hydrogen (secondary N) is 1. The fraction of sp³-hybridized carbons (Fsp3) is 0.125. The van der Waals surface area contributed by atoms with Crippen molar-refractivity contribution in [2.45, 2.75) is 6.54 Å². The standard InChI is InChI=1S/C16H15N3O/c1-17-10-12-5-4-6-13(9-12)20-16-11-18-14-7-2-3-8-15(14)19-16/h2-9,11,17H,10H2,1H3. The van der Waals surface area contributed by atoms with Crippen molar-refractivity contribution in [1.29, 1.82) is 0 Å². The third-order valence-electron chi connectivity index (χ3n) is 2.93. The molecule has 0 atom stereocenters. The first-order chi connectivity index (χ1) is 9.85. The summed E-state index contributed by atoms with van der Waals surface area (Å²) in [5, 5.41) is 3.12. The molecule has 0 saturated carbocycles. The van der Waals surface area contributed by atoms with Crippen LogP contribution in [0.25, 0.3) is 11.0 Å². The van der Waals surface area contributed by atoms with E-state index in [1.54, 1.807) is 6.20 Å². The highest BCUT2D eigenvalue weighted by Crippen LogP contribution is 2.21. The van der Waals surface area contributed by atoms with Crippen molar-refractivity contribution >= 4 is 11.0 Å². The van der Waals surface area contributed by atoms with Gasteiger partial charge in [-0.15, -0.1) is 0 Å². The molecule has 0 aliphatic rings. The zero-order valence-electron chi connectivity index (χ0n) is 11.2. The summed E-state index contributed by atoms with van der Waals surface area (Å²) in [4.78, 5) is 8.78. The van der Waals surface area contributed by atoms with Crippen molar-refractivity contribution in [1.82, 2.24) is 15.3 Å². The predicted molar refractivity (Wildman–Crippen MR) is 78.8 cm³/mol. The van der Waals surface area contributed by atoms with Gasteiger partial charge < -0.3 is 10.1 Å². The van der Waals surface area contributed by atoms with Crippen molar-refractivity contribution in [2.24, 2.45) is 0 Å². The zero-order chi connectivity index (χ0) is 13.8. The largest absolute Gasteiger partial charge is 0.437 e. The highest BCUT2D eigenvalue weighted by Gasteiger charge is 2.02. The van der Waals surface area contributed by atoms with Crippen LogP contribution < -0.4 is 10.1 Å². The van der Waals surface area contributed by atoms with Crippen molar-refractivity contribution < 1.29 is 4.74 Å². The third-order valence-corrected chi connectivity index (χ3v) is 2.93. The first-order valence-corrected chi connectivity index (χ1v) is 6.48. The van der Waals surface area contributed by atoms with Gasteiger partial charge in [0.25, 0.3) is 0 Å². The summed E-state index contributed by atoms with van der Waals surface area (Å²) in [6.07, 6.45) is 1.65. The lowest BCUT2D eigenvalue weighted by atomic mass is 10.2. The summed E-state index contributed by atoms with van der Waals surface area (Å²) in [7, 11) is 1.92. The third kappa shape index (κ3) is 2.75. The highest BCUT2D eigenvalue weighted by molar-refractivity contribution is 5.74. The Morgan fingerprint density at radius 1 is 1.05 bits per heavy atom. The van der Waals surface area contributed by atoms with E-state index in [-0.39, 0.29) is 0 Å². The number of ether oxygens (including phenoxy) is 1. The first kappa shape index (κ1) is 12.6. The Balaban J connectivity index is 1.87. The molecule has 0 unspecified atom stereocenters. The van der Waals surface area contributed by atoms with E-state index < -0.39 is 0 Å². The summed E-state index contributed by atoms with van der Waals surface area (Å²) >= 11 is 0. The minimum absolute atomic E-state index is 0.505. The lowest BCUT2D eigenvalue weighted by Crippen LogP contribution is -2.04. The van der Waals surface area contributed by atoms with E-state index in [4.69, 9.17) is 4.74 Å². The number of nitrogens with zero attached hydrogens (tertiary/aromatic N) is 2. The van der Waals surface area contributed by atoms with Gasteiger partial charge in [0, 0.05) is 6.54 Å². The van der Waals surface area contributed by atoms with Gasteiger partial charge in [-0.1, -0.05) is 24.3 Å². The summed E-state index contributed by atoms with van der Waals surface area (Å²) < 4.78 is 5.77. The molecule has 3 aromatic rings. The van der Waals surface area contributed by atoms with Crippen molar-refractivity contribution in [2.75, 3.05) is 7.05 Å². The molecule has 0 aliphatic carbocycles. The van der Waals surface area contributed by atoms with Gasteiger partial charge in [-0.2, -0.15) is 0 Å². The monoisotopic (exact) mass is 265 g/mol. The Labute approximate surface area is 117 Å². The van der Waals surface area contributed by atoms with Crippen LogP contribution in [0.5, 0.6) is 11.6 Å². The van der Waals surface area contributed by atoms with E-state index >= 15 is 0 Å². The summed E-state index contributed by atoms with van der Waals surface area (Å²) in [6.45, 7) is 0.806. The Kier molecular flexibility index (Phi) is 3.56. The molecule has 100 valence electrons. The molecule has 0 spiro atoms. The van der Waals surface area contributed by atoms with Crippen LogP contribution in [0.1, 0.15) is 5.56 Å². The summed E-state index contributed by atoms with van der Waals surface area (Å²) in [5.41, 5.74) is 2.86. The minimum Gasteiger partial charge on any atom is -0.437 e. The number of para-hydroxylation sites is 2. The Morgan fingerprint density at radius 3 is 2.75 bits per heavy atom. The van der Waals surface area contributed by atoms with E-state index in [1.807, 2.05) is 49.5 Å².